The van der Waals surface area contributed by atoms with Crippen LogP contribution in [-0.2, 0) is 10.8 Å². The predicted molar refractivity (Wildman–Crippen MR) is 551 cm³/mol. The molecule has 4 heterocycles. The Labute approximate surface area is 772 Å². The van der Waals surface area contributed by atoms with Gasteiger partial charge in [0.05, 0.1) is 64.8 Å². The third kappa shape index (κ3) is 12.2. The first-order chi connectivity index (χ1) is 65.9. The Kier molecular flexibility index (Phi) is 18.0. The van der Waals surface area contributed by atoms with Crippen molar-refractivity contribution >= 4 is 110 Å². The topological polar surface area (TPSA) is 158 Å². The molecule has 12 nitrogen and oxygen atoms in total. The van der Waals surface area contributed by atoms with Gasteiger partial charge in [-0.25, -0.2) is 0 Å². The summed E-state index contributed by atoms with van der Waals surface area (Å²) in [5.41, 5.74) is 47.7. The fourth-order valence-corrected chi connectivity index (χ4v) is 22.1. The van der Waals surface area contributed by atoms with E-state index in [0.29, 0.717) is 0 Å². The molecule has 12 heteroatoms. The van der Waals surface area contributed by atoms with Gasteiger partial charge in [0.2, 0.25) is 0 Å². The van der Waals surface area contributed by atoms with E-state index in [9.17, 15) is 20.2 Å². The first-order valence-electron chi connectivity index (χ1n) is 45.1. The van der Waals surface area contributed by atoms with Crippen LogP contribution in [0.15, 0.2) is 461 Å². The van der Waals surface area contributed by atoms with Gasteiger partial charge in [-0.15, -0.1) is 0 Å². The Balaban J connectivity index is 0.000000147. The lowest BCUT2D eigenvalue weighted by molar-refractivity contribution is -0.385. The summed E-state index contributed by atoms with van der Waals surface area (Å²) < 4.78 is 9.35. The summed E-state index contributed by atoms with van der Waals surface area (Å²) >= 11 is 0. The quantitative estimate of drug-likeness (QED) is 0.0627. The highest BCUT2D eigenvalue weighted by molar-refractivity contribution is 6.13. The van der Waals surface area contributed by atoms with Gasteiger partial charge in [-0.3, -0.25) is 20.2 Å². The third-order valence-corrected chi connectivity index (χ3v) is 28.1. The molecule has 634 valence electrons. The summed E-state index contributed by atoms with van der Waals surface area (Å²) in [7, 11) is 0. The van der Waals surface area contributed by atoms with Crippen LogP contribution in [0, 0.1) is 20.2 Å². The van der Waals surface area contributed by atoms with E-state index in [-0.39, 0.29) is 22.6 Å². The molecule has 24 aromatic rings. The number of nitrogens with two attached hydrogens (primary N) is 2. The zero-order chi connectivity index (χ0) is 89.6. The van der Waals surface area contributed by atoms with Crippen LogP contribution in [0.1, 0.15) is 45.9 Å². The summed E-state index contributed by atoms with van der Waals surface area (Å²) in [4.78, 5) is 23.4. The van der Waals surface area contributed by atoms with Crippen molar-refractivity contribution in [3.8, 4) is 89.5 Å². The molecule has 2 aliphatic carbocycles. The minimum absolute atomic E-state index is 0. The molecule has 0 spiro atoms. The van der Waals surface area contributed by atoms with Crippen LogP contribution < -0.4 is 11.5 Å². The molecular weight excluding hydrogens is 1640 g/mol. The molecule has 0 saturated heterocycles. The number of non-ortho nitro benzene ring substituents is 2. The second kappa shape index (κ2) is 30.9. The van der Waals surface area contributed by atoms with Crippen molar-refractivity contribution in [2.45, 2.75) is 10.8 Å². The maximum Gasteiger partial charge on any atom is 0.269 e. The Bertz CT molecular complexity index is 8190. The Morgan fingerprint density at radius 2 is 0.373 bits per heavy atom. The van der Waals surface area contributed by atoms with E-state index in [1.165, 1.54) is 87.4 Å². The number of nitro benzene ring substituents is 2. The van der Waals surface area contributed by atoms with Crippen LogP contribution in [0.3, 0.4) is 0 Å². The van der Waals surface area contributed by atoms with Gasteiger partial charge in [0.15, 0.2) is 0 Å². The zero-order valence-corrected chi connectivity index (χ0v) is 72.3. The molecule has 26 rings (SSSR count). The summed E-state index contributed by atoms with van der Waals surface area (Å²) in [6.45, 7) is 0. The second-order valence-electron chi connectivity index (χ2n) is 35.1. The lowest BCUT2D eigenvalue weighted by Crippen LogP contribution is -2.28. The van der Waals surface area contributed by atoms with Gasteiger partial charge in [-0.05, 0) is 257 Å². The fraction of sp³-hybridized carbons (Fsp3) is 0.0164. The molecule has 0 fully saturated rings. The lowest BCUT2D eigenvalue weighted by Gasteiger charge is -2.34. The molecule has 0 saturated carbocycles. The molecule has 20 aromatic carbocycles. The van der Waals surface area contributed by atoms with E-state index in [0.717, 1.165) is 145 Å². The standard InChI is InChI=1S/C61H38N4O4.C61H42N4.H2/c66-64(67)47-31-23-43(24-32-47)61(44-25-33-48(34-26-44)65(68)69)55-37-41(39-17-27-45(28-18-39)62-57-13-5-1-9-51(57)52-10-2-6-14-58(52)62)21-35-49(55)50-36-22-42(38-56(50)61)40-19-29-46(30-20-40)63-59-15-7-3-11-53(59)54-12-4-8-16-60(54)63;62-45-27-23-43(24-28-45)61(44-25-29-46(63)30-26-44)55-37-41(39-17-31-47(32-18-39)64-57-13-5-1-9-51(57)52-10-2-6-14-58(52)64)21-35-49(55)50-36-22-42(38-56(50)61)40-19-33-48(34-20-40)65-59-15-7-3-11-53(59)54-12-4-8-16-60(54)65;/h1-38H;1-38H,62-63H2;1H. The number of hydrogen-bond acceptors (Lipinski definition) is 6. The number of rotatable bonds is 14. The minimum atomic E-state index is -1.02. The maximum absolute atomic E-state index is 12.1. The smallest absolute Gasteiger partial charge is 0.269 e. The molecule has 134 heavy (non-hydrogen) atoms. The molecule has 0 aliphatic heterocycles. The van der Waals surface area contributed by atoms with E-state index in [4.69, 9.17) is 11.5 Å². The van der Waals surface area contributed by atoms with Crippen molar-refractivity contribution in [3.63, 3.8) is 0 Å². The number of hydrogen-bond donors (Lipinski definition) is 2. The minimum Gasteiger partial charge on any atom is -0.399 e. The predicted octanol–water partition coefficient (Wildman–Crippen LogP) is 30.4. The monoisotopic (exact) mass is 1720 g/mol. The van der Waals surface area contributed by atoms with Crippen LogP contribution >= 0.6 is 0 Å². The van der Waals surface area contributed by atoms with Crippen molar-refractivity contribution in [2.75, 3.05) is 11.5 Å². The Morgan fingerprint density at radius 1 is 0.201 bits per heavy atom. The average Bonchev–Trinajstić information content (AvgIpc) is 1.53. The number of aromatic nitrogens is 4. The number of benzene rings is 20. The van der Waals surface area contributed by atoms with Crippen LogP contribution in [0.5, 0.6) is 0 Å². The maximum atomic E-state index is 12.1. The van der Waals surface area contributed by atoms with E-state index in [1.807, 2.05) is 48.5 Å². The summed E-state index contributed by atoms with van der Waals surface area (Å²) in [6.07, 6.45) is 0. The van der Waals surface area contributed by atoms with Gasteiger partial charge >= 0.3 is 0 Å². The highest BCUT2D eigenvalue weighted by Crippen LogP contribution is 2.61. The van der Waals surface area contributed by atoms with E-state index in [1.54, 1.807) is 24.3 Å². The number of para-hydroxylation sites is 8. The Morgan fingerprint density at radius 3 is 0.560 bits per heavy atom. The number of nitro groups is 2. The van der Waals surface area contributed by atoms with Gasteiger partial charge in [0, 0.05) is 103 Å². The number of anilines is 2. The number of nitrogen functional groups attached to an aromatic ring is 2. The lowest BCUT2D eigenvalue weighted by atomic mass is 9.67. The largest absolute Gasteiger partial charge is 0.399 e. The first kappa shape index (κ1) is 78.3. The van der Waals surface area contributed by atoms with Gasteiger partial charge in [-0.1, -0.05) is 291 Å². The molecule has 4 N–H and O–H groups in total. The molecule has 0 unspecified atom stereocenters. The van der Waals surface area contributed by atoms with Crippen LogP contribution in [0.4, 0.5) is 22.7 Å². The number of fused-ring (bicyclic) bond motifs is 18. The van der Waals surface area contributed by atoms with E-state index in [2.05, 4.69) is 407 Å². The van der Waals surface area contributed by atoms with Crippen LogP contribution in [0.25, 0.3) is 177 Å². The normalized spacial score (nSPS) is 12.8. The van der Waals surface area contributed by atoms with Crippen molar-refractivity contribution in [1.82, 2.24) is 18.3 Å². The van der Waals surface area contributed by atoms with Crippen molar-refractivity contribution in [1.29, 1.82) is 0 Å². The summed E-state index contributed by atoms with van der Waals surface area (Å²) in [5, 5.41) is 34.0. The highest BCUT2D eigenvalue weighted by atomic mass is 16.6. The molecular formula is C122H82N8O4. The molecule has 0 atom stereocenters. The van der Waals surface area contributed by atoms with Gasteiger partial charge < -0.3 is 29.7 Å². The molecule has 2 aliphatic rings. The van der Waals surface area contributed by atoms with Crippen molar-refractivity contribution < 1.29 is 11.3 Å². The third-order valence-electron chi connectivity index (χ3n) is 28.1. The van der Waals surface area contributed by atoms with E-state index >= 15 is 0 Å². The molecule has 0 bridgehead atoms. The van der Waals surface area contributed by atoms with E-state index < -0.39 is 10.8 Å². The van der Waals surface area contributed by atoms with Gasteiger partial charge in [-0.2, -0.15) is 0 Å². The van der Waals surface area contributed by atoms with Gasteiger partial charge in [0.1, 0.15) is 0 Å². The molecule has 0 radical (unpaired) electrons. The van der Waals surface area contributed by atoms with Gasteiger partial charge in [0.25, 0.3) is 11.4 Å². The first-order valence-corrected chi connectivity index (χ1v) is 45.1. The van der Waals surface area contributed by atoms with Crippen LogP contribution in [-0.4, -0.2) is 28.1 Å². The fourth-order valence-electron chi connectivity index (χ4n) is 22.1. The summed E-state index contributed by atoms with van der Waals surface area (Å²) in [5.74, 6) is 0. The second-order valence-corrected chi connectivity index (χ2v) is 35.1. The zero-order valence-electron chi connectivity index (χ0n) is 72.3. The van der Waals surface area contributed by atoms with Crippen molar-refractivity contribution in [3.05, 3.63) is 526 Å². The van der Waals surface area contributed by atoms with Crippen LogP contribution in [0.2, 0.25) is 0 Å². The molecule has 4 aromatic heterocycles. The number of nitrogens with zero attached hydrogens (tertiary/aromatic N) is 6. The van der Waals surface area contributed by atoms with Crippen molar-refractivity contribution in [2.24, 2.45) is 0 Å². The highest BCUT2D eigenvalue weighted by Gasteiger charge is 2.49. The Hall–Kier alpha value is -18.0. The average molecular weight is 1720 g/mol. The summed E-state index contributed by atoms with van der Waals surface area (Å²) in [6, 6.07) is 161. The molecule has 0 amide bonds. The SMILES string of the molecule is Nc1ccc(C2(c3ccc(N)cc3)c3cc(-c4ccc(-n5c6ccccc6c6ccccc65)cc4)ccc3-c3ccc(-c4ccc(-n5c6ccccc6c6ccccc65)cc4)cc32)cc1.O=[N+]([O-])c1ccc(C2(c3ccc([N+](=O)[O-])cc3)c3cc(-c4ccc(-n5c6ccccc6c6ccccc65)cc4)ccc3-c3ccc(-c4ccc(-n5c6ccccc6c6ccccc65)cc4)cc32)cc1.[HH].